The quantitative estimate of drug-likeness (QED) is 0.185. The second kappa shape index (κ2) is 16.3. The molecule has 1 atom stereocenters. The lowest BCUT2D eigenvalue weighted by Crippen LogP contribution is -2.28. The van der Waals surface area contributed by atoms with Crippen LogP contribution in [0.4, 0.5) is 11.6 Å². The summed E-state index contributed by atoms with van der Waals surface area (Å²) in [4.78, 5) is 45.9. The van der Waals surface area contributed by atoms with Crippen molar-refractivity contribution >= 4 is 23.5 Å². The van der Waals surface area contributed by atoms with Gasteiger partial charge in [-0.15, -0.1) is 0 Å². The van der Waals surface area contributed by atoms with Crippen LogP contribution in [0.1, 0.15) is 56.2 Å². The lowest BCUT2D eigenvalue weighted by molar-refractivity contribution is -0.121. The first kappa shape index (κ1) is 33.0. The summed E-state index contributed by atoms with van der Waals surface area (Å²) in [6.45, 7) is 3.08. The number of ether oxygens (including phenoxy) is 3. The molecule has 0 saturated heterocycles. The number of carbonyl (C=O) groups is 2. The lowest BCUT2D eigenvalue weighted by Gasteiger charge is -2.19. The molecule has 2 amide bonds. The van der Waals surface area contributed by atoms with Crippen molar-refractivity contribution in [2.75, 3.05) is 51.6 Å². The fraction of sp³-hybridized carbons (Fsp3) is 0.424. The maximum absolute atomic E-state index is 13.4. The Hall–Kier alpha value is -4.87. The third-order valence-electron chi connectivity index (χ3n) is 7.61. The molecule has 240 valence electrons. The van der Waals surface area contributed by atoms with E-state index in [0.717, 1.165) is 36.0 Å². The van der Waals surface area contributed by atoms with Crippen LogP contribution in [-0.4, -0.2) is 62.7 Å². The van der Waals surface area contributed by atoms with E-state index < -0.39 is 0 Å². The summed E-state index contributed by atoms with van der Waals surface area (Å²) in [5, 5.41) is 12.2. The number of unbranched alkanes of at least 4 members (excludes halogenated alkanes) is 2. The Bertz CT molecular complexity index is 1530. The van der Waals surface area contributed by atoms with E-state index in [1.54, 1.807) is 51.9 Å². The first-order valence-corrected chi connectivity index (χ1v) is 15.1. The number of aryl methyl sites for hydroxylation is 1. The summed E-state index contributed by atoms with van der Waals surface area (Å²) in [7, 11) is 4.71. The van der Waals surface area contributed by atoms with Crippen molar-refractivity contribution in [3.05, 3.63) is 64.1 Å². The molecule has 4 rings (SSSR count). The molecule has 0 fully saturated rings. The fourth-order valence-electron chi connectivity index (χ4n) is 5.52. The van der Waals surface area contributed by atoms with Gasteiger partial charge in [0.05, 0.1) is 33.1 Å². The number of carbonyl (C=O) groups excluding carboxylic acids is 2. The van der Waals surface area contributed by atoms with E-state index in [2.05, 4.69) is 31.2 Å². The molecule has 4 N–H and O–H groups in total. The molecule has 0 saturated carbocycles. The first-order valence-electron chi connectivity index (χ1n) is 15.1. The number of nitrogens with zero attached hydrogens (tertiary/aromatic N) is 2. The minimum Gasteiger partial charge on any atom is -0.493 e. The minimum atomic E-state index is -0.367. The number of anilines is 2. The van der Waals surface area contributed by atoms with Crippen LogP contribution in [0.25, 0.3) is 11.1 Å². The molecule has 1 heterocycles. The van der Waals surface area contributed by atoms with E-state index in [9.17, 15) is 14.4 Å². The van der Waals surface area contributed by atoms with Crippen LogP contribution in [0.2, 0.25) is 0 Å². The van der Waals surface area contributed by atoms with E-state index in [0.29, 0.717) is 73.3 Å². The second-order valence-electron chi connectivity index (χ2n) is 10.7. The Morgan fingerprint density at radius 1 is 0.911 bits per heavy atom. The average molecular weight is 619 g/mol. The van der Waals surface area contributed by atoms with Gasteiger partial charge in [0.25, 0.3) is 0 Å². The molecule has 1 aromatic heterocycles. The summed E-state index contributed by atoms with van der Waals surface area (Å²) in [5.74, 6) is 1.87. The zero-order valence-corrected chi connectivity index (χ0v) is 26.3. The van der Waals surface area contributed by atoms with Crippen LogP contribution in [0.3, 0.4) is 0 Å². The molecule has 45 heavy (non-hydrogen) atoms. The van der Waals surface area contributed by atoms with Gasteiger partial charge in [-0.2, -0.15) is 0 Å². The predicted molar refractivity (Wildman–Crippen MR) is 173 cm³/mol. The highest BCUT2D eigenvalue weighted by molar-refractivity contribution is 5.83. The monoisotopic (exact) mass is 618 g/mol. The Kier molecular flexibility index (Phi) is 11.9. The van der Waals surface area contributed by atoms with Crippen LogP contribution < -0.4 is 40.9 Å². The van der Waals surface area contributed by atoms with Crippen molar-refractivity contribution in [3.63, 3.8) is 0 Å². The summed E-state index contributed by atoms with van der Waals surface area (Å²) in [6.07, 6.45) is 7.33. The molecule has 1 unspecified atom stereocenters. The lowest BCUT2D eigenvalue weighted by atomic mass is 9.95. The van der Waals surface area contributed by atoms with Gasteiger partial charge in [0.1, 0.15) is 0 Å². The third-order valence-corrected chi connectivity index (χ3v) is 7.61. The molecular formula is C33H42N6O6. The van der Waals surface area contributed by atoms with E-state index >= 15 is 0 Å². The molecule has 0 spiro atoms. The fourth-order valence-corrected chi connectivity index (χ4v) is 5.52. The van der Waals surface area contributed by atoms with Gasteiger partial charge in [0.15, 0.2) is 11.5 Å². The number of rotatable bonds is 15. The molecule has 1 aliphatic carbocycles. The van der Waals surface area contributed by atoms with Gasteiger partial charge in [-0.05, 0) is 66.6 Å². The number of hydrogen-bond donors (Lipinski definition) is 4. The number of hydrogen-bond acceptors (Lipinski definition) is 10. The zero-order chi connectivity index (χ0) is 32.2. The third kappa shape index (κ3) is 8.62. The molecule has 1 aliphatic rings. The second-order valence-corrected chi connectivity index (χ2v) is 10.7. The SMILES string of the molecule is COc1cc2c(c(OC)c1OC)-c1ccc(NCCCCCC(=O)NCCNc3ncccn3)c(=O)cc1C(NC(C)=O)CC2. The largest absolute Gasteiger partial charge is 0.493 e. The van der Waals surface area contributed by atoms with Gasteiger partial charge >= 0.3 is 0 Å². The maximum atomic E-state index is 13.4. The van der Waals surface area contributed by atoms with Crippen molar-refractivity contribution in [2.24, 2.45) is 0 Å². The van der Waals surface area contributed by atoms with Crippen molar-refractivity contribution in [3.8, 4) is 28.4 Å². The Labute approximate surface area is 263 Å². The van der Waals surface area contributed by atoms with Crippen molar-refractivity contribution in [2.45, 2.75) is 51.5 Å². The van der Waals surface area contributed by atoms with E-state index in [4.69, 9.17) is 14.2 Å². The van der Waals surface area contributed by atoms with E-state index in [1.807, 2.05) is 12.1 Å². The highest BCUT2D eigenvalue weighted by atomic mass is 16.5. The number of aromatic nitrogens is 2. The first-order chi connectivity index (χ1) is 21.9. The molecule has 3 aromatic rings. The number of benzene rings is 1. The smallest absolute Gasteiger partial charge is 0.222 e. The maximum Gasteiger partial charge on any atom is 0.222 e. The number of nitrogens with one attached hydrogen (secondary N) is 4. The molecule has 2 aromatic carbocycles. The molecule has 12 heteroatoms. The van der Waals surface area contributed by atoms with Crippen LogP contribution in [-0.2, 0) is 16.0 Å². The summed E-state index contributed by atoms with van der Waals surface area (Å²) in [6, 6.07) is 8.58. The predicted octanol–water partition coefficient (Wildman–Crippen LogP) is 3.85. The Morgan fingerprint density at radius 3 is 2.40 bits per heavy atom. The van der Waals surface area contributed by atoms with E-state index in [1.165, 1.54) is 6.92 Å². The topological polar surface area (TPSA) is 153 Å². The van der Waals surface area contributed by atoms with Gasteiger partial charge in [-0.3, -0.25) is 14.4 Å². The van der Waals surface area contributed by atoms with Crippen LogP contribution in [0.5, 0.6) is 17.2 Å². The van der Waals surface area contributed by atoms with Gasteiger partial charge in [0, 0.05) is 50.9 Å². The summed E-state index contributed by atoms with van der Waals surface area (Å²) >= 11 is 0. The van der Waals surface area contributed by atoms with Crippen LogP contribution in [0.15, 0.2) is 47.5 Å². The molecule has 0 radical (unpaired) electrons. The number of fused-ring (bicyclic) bond motifs is 3. The van der Waals surface area contributed by atoms with Crippen molar-refractivity contribution in [1.29, 1.82) is 0 Å². The molecule has 12 nitrogen and oxygen atoms in total. The highest BCUT2D eigenvalue weighted by Crippen LogP contribution is 2.50. The molecular weight excluding hydrogens is 576 g/mol. The summed E-state index contributed by atoms with van der Waals surface area (Å²) in [5.41, 5.74) is 3.55. The number of amides is 2. The van der Waals surface area contributed by atoms with Gasteiger partial charge in [-0.1, -0.05) is 12.5 Å². The standard InChI is InChI=1S/C33H42N6O6/c1-21(40)39-25-12-10-22-19-28(43-2)31(44-3)32(45-4)30(22)23-11-13-26(27(41)20-24(23)25)34-14-7-5-6-9-29(42)35-17-18-38-33-36-15-8-16-37-33/h8,11,13,15-16,19-20,25H,5-7,9-10,12,14,17-18H2,1-4H3,(H,34,41)(H,35,42)(H,39,40)(H,36,37,38). The zero-order valence-electron chi connectivity index (χ0n) is 26.3. The van der Waals surface area contributed by atoms with E-state index in [-0.39, 0.29) is 23.3 Å². The minimum absolute atomic E-state index is 0.00384. The van der Waals surface area contributed by atoms with Gasteiger partial charge < -0.3 is 35.5 Å². The van der Waals surface area contributed by atoms with Crippen LogP contribution in [0, 0.1) is 0 Å². The normalized spacial score (nSPS) is 13.4. The summed E-state index contributed by atoms with van der Waals surface area (Å²) < 4.78 is 17.1. The molecule has 0 aliphatic heterocycles. The molecule has 0 bridgehead atoms. The van der Waals surface area contributed by atoms with Crippen molar-refractivity contribution < 1.29 is 23.8 Å². The van der Waals surface area contributed by atoms with Gasteiger partial charge in [-0.25, -0.2) is 9.97 Å². The van der Waals surface area contributed by atoms with Crippen LogP contribution >= 0.6 is 0 Å². The Balaban J connectivity index is 1.40. The average Bonchev–Trinajstić information content (AvgIpc) is 3.28. The van der Waals surface area contributed by atoms with Gasteiger partial charge in [0.2, 0.25) is 28.9 Å². The Morgan fingerprint density at radius 2 is 1.69 bits per heavy atom. The number of methoxy groups -OCH3 is 3. The highest BCUT2D eigenvalue weighted by Gasteiger charge is 2.29. The van der Waals surface area contributed by atoms with Crippen molar-refractivity contribution in [1.82, 2.24) is 20.6 Å².